The van der Waals surface area contributed by atoms with E-state index in [0.29, 0.717) is 45.6 Å². The molecule has 3 amide bonds. The molecule has 4 saturated heterocycles. The lowest BCUT2D eigenvalue weighted by atomic mass is 9.70. The summed E-state index contributed by atoms with van der Waals surface area (Å²) in [5.74, 6) is -3.46. The first-order valence-electron chi connectivity index (χ1n) is 16.6. The monoisotopic (exact) mass is 710 g/mol. The predicted octanol–water partition coefficient (Wildman–Crippen LogP) is 1.50. The van der Waals surface area contributed by atoms with Crippen LogP contribution in [0, 0.1) is 17.8 Å². The van der Waals surface area contributed by atoms with Gasteiger partial charge in [0.1, 0.15) is 17.7 Å². The maximum atomic E-state index is 14.7. The number of aliphatic hydroxyl groups excluding tert-OH is 1. The van der Waals surface area contributed by atoms with Gasteiger partial charge in [0.15, 0.2) is 0 Å². The minimum absolute atomic E-state index is 0.118. The van der Waals surface area contributed by atoms with Crippen LogP contribution in [0.4, 0.5) is 0 Å². The van der Waals surface area contributed by atoms with Crippen molar-refractivity contribution in [3.8, 4) is 0 Å². The highest BCUT2D eigenvalue weighted by Crippen LogP contribution is 2.61. The lowest BCUT2D eigenvalue weighted by Crippen LogP contribution is -2.60. The average Bonchev–Trinajstić information content (AvgIpc) is 3.64. The van der Waals surface area contributed by atoms with Gasteiger partial charge in [0.25, 0.3) is 0 Å². The van der Waals surface area contributed by atoms with Crippen LogP contribution in [0.2, 0.25) is 0 Å². The van der Waals surface area contributed by atoms with E-state index in [-0.39, 0.29) is 54.6 Å². The molecule has 258 valence electrons. The molecule has 0 saturated carbocycles. The van der Waals surface area contributed by atoms with Gasteiger partial charge in [-0.05, 0) is 25.7 Å². The molecule has 2 N–H and O–H groups in total. The number of hydrogen-bond donors (Lipinski definition) is 2. The Morgan fingerprint density at radius 3 is 2.59 bits per heavy atom. The Morgan fingerprint density at radius 2 is 1.96 bits per heavy atom. The van der Waals surface area contributed by atoms with Crippen LogP contribution < -0.4 is 5.32 Å². The fraction of sp³-hybridized carbons (Fsp3) is 0.758. The molecule has 0 radical (unpaired) electrons. The number of carbonyl (C=O) groups is 4. The predicted molar refractivity (Wildman–Crippen MR) is 175 cm³/mol. The summed E-state index contributed by atoms with van der Waals surface area (Å²) in [4.78, 5) is 60.3. The van der Waals surface area contributed by atoms with E-state index in [0.717, 1.165) is 13.1 Å². The van der Waals surface area contributed by atoms with Gasteiger partial charge >= 0.3 is 5.97 Å². The molecule has 13 heteroatoms. The highest BCUT2D eigenvalue weighted by Gasteiger charge is 2.77. The van der Waals surface area contributed by atoms with Crippen LogP contribution in [-0.2, 0) is 33.4 Å². The molecule has 2 bridgehead atoms. The number of rotatable bonds is 17. The maximum Gasteiger partial charge on any atom is 0.312 e. The number of ether oxygens (including phenoxy) is 3. The third-order valence-corrected chi connectivity index (χ3v) is 10.9. The van der Waals surface area contributed by atoms with Crippen LogP contribution >= 0.6 is 15.9 Å². The second-order valence-electron chi connectivity index (χ2n) is 13.0. The molecule has 0 aromatic heterocycles. The Balaban J connectivity index is 1.63. The van der Waals surface area contributed by atoms with Crippen LogP contribution in [0.1, 0.15) is 46.5 Å². The molecule has 4 aliphatic rings. The molecule has 1 spiro atoms. The van der Waals surface area contributed by atoms with E-state index in [1.54, 1.807) is 24.0 Å². The molecule has 46 heavy (non-hydrogen) atoms. The van der Waals surface area contributed by atoms with E-state index in [4.69, 9.17) is 14.2 Å². The van der Waals surface area contributed by atoms with Crippen molar-refractivity contribution in [2.75, 3.05) is 59.1 Å². The number of hydrogen-bond acceptors (Lipinski definition) is 9. The first-order chi connectivity index (χ1) is 22.0. The molecule has 1 unspecified atom stereocenters. The van der Waals surface area contributed by atoms with Gasteiger partial charge in [0.05, 0.1) is 50.3 Å². The van der Waals surface area contributed by atoms with E-state index in [1.807, 2.05) is 13.8 Å². The summed E-state index contributed by atoms with van der Waals surface area (Å²) in [6, 6.07) is -1.68. The first-order valence-corrected chi connectivity index (χ1v) is 17.5. The zero-order valence-electron chi connectivity index (χ0n) is 27.4. The average molecular weight is 712 g/mol. The summed E-state index contributed by atoms with van der Waals surface area (Å²) in [6.45, 7) is 17.0. The highest BCUT2D eigenvalue weighted by molar-refractivity contribution is 9.09. The number of nitrogens with zero attached hydrogens (tertiary/aromatic N) is 3. The van der Waals surface area contributed by atoms with Crippen molar-refractivity contribution in [1.82, 2.24) is 20.0 Å². The minimum atomic E-state index is -1.28. The van der Waals surface area contributed by atoms with Crippen molar-refractivity contribution >= 4 is 39.6 Å². The number of nitrogens with one attached hydrogen (secondary N) is 1. The smallest absolute Gasteiger partial charge is 0.312 e. The number of morpholine rings is 1. The second kappa shape index (κ2) is 16.2. The van der Waals surface area contributed by atoms with Gasteiger partial charge in [0.2, 0.25) is 17.7 Å². The SMILES string of the molecule is C=CCCC(=O)NC[C@@H](C)OC(=O)[C@H]1[C@@H]2O[C@@]3(CC2Br)[C@@H]1C(=O)N([C@@H](CO)[C@@H](C)CC)[C@@H]3C(=O)N(CC=C)CCN1CCOCC1. The Kier molecular flexibility index (Phi) is 12.8. The molecule has 4 heterocycles. The zero-order valence-corrected chi connectivity index (χ0v) is 29.0. The summed E-state index contributed by atoms with van der Waals surface area (Å²) >= 11 is 3.70. The Labute approximate surface area is 280 Å². The van der Waals surface area contributed by atoms with Gasteiger partial charge in [-0.25, -0.2) is 0 Å². The lowest BCUT2D eigenvalue weighted by Gasteiger charge is -2.41. The summed E-state index contributed by atoms with van der Waals surface area (Å²) < 4.78 is 17.9. The first kappa shape index (κ1) is 36.5. The van der Waals surface area contributed by atoms with Crippen LogP contribution in [0.3, 0.4) is 0 Å². The molecule has 0 aromatic carbocycles. The van der Waals surface area contributed by atoms with E-state index in [2.05, 4.69) is 39.3 Å². The van der Waals surface area contributed by atoms with Crippen molar-refractivity contribution < 1.29 is 38.5 Å². The van der Waals surface area contributed by atoms with Gasteiger partial charge in [-0.1, -0.05) is 48.4 Å². The number of amides is 3. The number of likely N-dealkylation sites (tertiary alicyclic amines) is 1. The molecule has 4 rings (SSSR count). The highest BCUT2D eigenvalue weighted by atomic mass is 79.9. The minimum Gasteiger partial charge on any atom is -0.460 e. The van der Waals surface area contributed by atoms with E-state index >= 15 is 0 Å². The molecule has 4 fully saturated rings. The van der Waals surface area contributed by atoms with Crippen molar-refractivity contribution in [1.29, 1.82) is 0 Å². The number of fused-ring (bicyclic) bond motifs is 1. The van der Waals surface area contributed by atoms with Gasteiger partial charge in [-0.2, -0.15) is 0 Å². The fourth-order valence-corrected chi connectivity index (χ4v) is 8.34. The zero-order chi connectivity index (χ0) is 33.6. The van der Waals surface area contributed by atoms with E-state index in [9.17, 15) is 24.3 Å². The van der Waals surface area contributed by atoms with Crippen LogP contribution in [-0.4, -0.2) is 137 Å². The normalized spacial score (nSPS) is 30.8. The third kappa shape index (κ3) is 7.38. The Bertz CT molecular complexity index is 1130. The summed E-state index contributed by atoms with van der Waals surface area (Å²) in [7, 11) is 0. The largest absolute Gasteiger partial charge is 0.460 e. The van der Waals surface area contributed by atoms with Crippen LogP contribution in [0.25, 0.3) is 0 Å². The van der Waals surface area contributed by atoms with Gasteiger partial charge in [-0.3, -0.25) is 24.1 Å². The topological polar surface area (TPSA) is 138 Å². The van der Waals surface area contributed by atoms with Crippen molar-refractivity contribution in [3.63, 3.8) is 0 Å². The van der Waals surface area contributed by atoms with Crippen LogP contribution in [0.15, 0.2) is 25.3 Å². The number of carbonyl (C=O) groups excluding carboxylic acids is 4. The van der Waals surface area contributed by atoms with E-state index < -0.39 is 47.7 Å². The number of allylic oxidation sites excluding steroid dienone is 1. The molecule has 12 nitrogen and oxygen atoms in total. The van der Waals surface area contributed by atoms with Crippen LogP contribution in [0.5, 0.6) is 0 Å². The van der Waals surface area contributed by atoms with Gasteiger partial charge < -0.3 is 34.4 Å². The number of aliphatic hydroxyl groups is 1. The molecule has 0 aliphatic carbocycles. The standard InChI is InChI=1S/C33H51BrN4O8/c1-6-9-10-25(40)35-19-22(5)45-32(43)26-27-30(41)38(24(20-39)21(4)8-3)29(33(27)18-23(34)28(26)46-33)31(42)37(11-7-2)13-12-36-14-16-44-17-15-36/h6-7,21-24,26-29,39H,1-2,8-20H2,3-5H3,(H,35,40)/t21-,22+,23?,24-,26+,27-,28+,29+,33-/m0/s1. The lowest BCUT2D eigenvalue weighted by molar-refractivity contribution is -0.160. The van der Waals surface area contributed by atoms with E-state index in [1.165, 1.54) is 4.90 Å². The maximum absolute atomic E-state index is 14.7. The Hall–Kier alpha value is -2.32. The number of esters is 1. The number of halogens is 1. The molecular formula is C33H51BrN4O8. The van der Waals surface area contributed by atoms with Crippen molar-refractivity contribution in [2.24, 2.45) is 17.8 Å². The van der Waals surface area contributed by atoms with Gasteiger partial charge in [-0.15, -0.1) is 13.2 Å². The Morgan fingerprint density at radius 1 is 1.24 bits per heavy atom. The molecule has 0 aromatic rings. The third-order valence-electron chi connectivity index (χ3n) is 10.0. The molecular weight excluding hydrogens is 660 g/mol. The quantitative estimate of drug-likeness (QED) is 0.131. The second-order valence-corrected chi connectivity index (χ2v) is 14.1. The molecule has 9 atom stereocenters. The summed E-state index contributed by atoms with van der Waals surface area (Å²) in [6.07, 6.45) is 3.86. The summed E-state index contributed by atoms with van der Waals surface area (Å²) in [5.41, 5.74) is -1.28. The summed E-state index contributed by atoms with van der Waals surface area (Å²) in [5, 5.41) is 13.4. The molecule has 4 aliphatic heterocycles. The van der Waals surface area contributed by atoms with Crippen molar-refractivity contribution in [3.05, 3.63) is 25.3 Å². The van der Waals surface area contributed by atoms with Gasteiger partial charge in [0, 0.05) is 44.0 Å². The van der Waals surface area contributed by atoms with Crippen molar-refractivity contribution in [2.45, 2.75) is 81.2 Å². The fourth-order valence-electron chi connectivity index (χ4n) is 7.39. The number of alkyl halides is 1.